The van der Waals surface area contributed by atoms with Crippen molar-refractivity contribution < 1.29 is 19.1 Å². The van der Waals surface area contributed by atoms with Gasteiger partial charge in [-0.25, -0.2) is 4.39 Å². The van der Waals surface area contributed by atoms with Crippen LogP contribution in [-0.4, -0.2) is 28.4 Å². The molecule has 0 aliphatic carbocycles. The normalized spacial score (nSPS) is 22.1. The van der Waals surface area contributed by atoms with Crippen molar-refractivity contribution in [2.24, 2.45) is 11.8 Å². The van der Waals surface area contributed by atoms with Gasteiger partial charge in [-0.1, -0.05) is 29.8 Å². The van der Waals surface area contributed by atoms with E-state index in [2.05, 4.69) is 15.9 Å². The van der Waals surface area contributed by atoms with Gasteiger partial charge in [-0.3, -0.25) is 9.59 Å². The minimum Gasteiger partial charge on any atom is -0.481 e. The molecule has 2 unspecified atom stereocenters. The molecule has 1 fully saturated rings. The Kier molecular flexibility index (Phi) is 4.66. The molecule has 0 aromatic heterocycles. The third-order valence-corrected chi connectivity index (χ3v) is 4.08. The predicted octanol–water partition coefficient (Wildman–Crippen LogP) is 3.22. The summed E-state index contributed by atoms with van der Waals surface area (Å²) in [7, 11) is 0. The van der Waals surface area contributed by atoms with Gasteiger partial charge in [-0.05, 0) is 24.1 Å². The molecular formula is C15H17BrFNO3. The van der Waals surface area contributed by atoms with Crippen molar-refractivity contribution >= 4 is 27.8 Å². The van der Waals surface area contributed by atoms with Gasteiger partial charge in [0.2, 0.25) is 5.91 Å². The maximum atomic E-state index is 14.1. The highest BCUT2D eigenvalue weighted by molar-refractivity contribution is 9.10. The smallest absolute Gasteiger partial charge is 0.309 e. The Labute approximate surface area is 131 Å². The van der Waals surface area contributed by atoms with Crippen molar-refractivity contribution in [1.82, 2.24) is 4.90 Å². The van der Waals surface area contributed by atoms with Gasteiger partial charge < -0.3 is 10.0 Å². The van der Waals surface area contributed by atoms with E-state index >= 15 is 0 Å². The van der Waals surface area contributed by atoms with Crippen molar-refractivity contribution in [3.8, 4) is 0 Å². The number of hydrogen-bond donors (Lipinski definition) is 1. The van der Waals surface area contributed by atoms with Gasteiger partial charge in [0.05, 0.1) is 12.0 Å². The van der Waals surface area contributed by atoms with E-state index in [1.807, 2.05) is 13.8 Å². The molecule has 1 aromatic rings. The van der Waals surface area contributed by atoms with Crippen LogP contribution in [0.2, 0.25) is 0 Å². The molecule has 4 nitrogen and oxygen atoms in total. The first-order valence-electron chi connectivity index (χ1n) is 6.78. The molecule has 1 N–H and O–H groups in total. The lowest BCUT2D eigenvalue weighted by atomic mass is 9.93. The van der Waals surface area contributed by atoms with Gasteiger partial charge in [0.1, 0.15) is 5.82 Å². The van der Waals surface area contributed by atoms with E-state index in [1.165, 1.54) is 11.0 Å². The van der Waals surface area contributed by atoms with Crippen LogP contribution in [0.1, 0.15) is 31.9 Å². The van der Waals surface area contributed by atoms with E-state index < -0.39 is 23.7 Å². The van der Waals surface area contributed by atoms with Crippen LogP contribution in [0.15, 0.2) is 22.7 Å². The molecule has 1 saturated heterocycles. The van der Waals surface area contributed by atoms with E-state index in [4.69, 9.17) is 0 Å². The number of benzene rings is 1. The lowest BCUT2D eigenvalue weighted by molar-refractivity contribution is -0.142. The second kappa shape index (κ2) is 6.13. The predicted molar refractivity (Wildman–Crippen MR) is 79.1 cm³/mol. The Bertz CT molecular complexity index is 576. The number of carboxylic acids is 1. The minimum absolute atomic E-state index is 0.0846. The maximum absolute atomic E-state index is 14.1. The van der Waals surface area contributed by atoms with Gasteiger partial charge in [0, 0.05) is 23.0 Å². The van der Waals surface area contributed by atoms with Gasteiger partial charge in [0.25, 0.3) is 0 Å². The molecule has 1 heterocycles. The monoisotopic (exact) mass is 357 g/mol. The molecule has 6 heteroatoms. The van der Waals surface area contributed by atoms with Crippen LogP contribution in [0.25, 0.3) is 0 Å². The standard InChI is InChI=1S/C15H17BrFNO3/c1-8(2)7-18-13(19)6-11(15(20)21)14(18)10-5-9(16)3-4-12(10)17/h3-5,8,11,14H,6-7H2,1-2H3,(H,20,21). The quantitative estimate of drug-likeness (QED) is 0.899. The highest BCUT2D eigenvalue weighted by Gasteiger charge is 2.45. The fraction of sp³-hybridized carbons (Fsp3) is 0.467. The first kappa shape index (κ1) is 15.9. The summed E-state index contributed by atoms with van der Waals surface area (Å²) in [6.45, 7) is 4.30. The van der Waals surface area contributed by atoms with Gasteiger partial charge in [0.15, 0.2) is 0 Å². The number of carbonyl (C=O) groups excluding carboxylic acids is 1. The van der Waals surface area contributed by atoms with Crippen LogP contribution in [0.3, 0.4) is 0 Å². The molecule has 114 valence electrons. The van der Waals surface area contributed by atoms with Crippen LogP contribution in [0.5, 0.6) is 0 Å². The third-order valence-electron chi connectivity index (χ3n) is 3.59. The molecule has 0 radical (unpaired) electrons. The summed E-state index contributed by atoms with van der Waals surface area (Å²) in [6.07, 6.45) is -0.0846. The summed E-state index contributed by atoms with van der Waals surface area (Å²) in [5.41, 5.74) is 0.253. The summed E-state index contributed by atoms with van der Waals surface area (Å²) in [4.78, 5) is 25.1. The zero-order valence-corrected chi connectivity index (χ0v) is 13.4. The molecule has 1 aliphatic rings. The zero-order valence-electron chi connectivity index (χ0n) is 11.8. The van der Waals surface area contributed by atoms with Gasteiger partial charge in [-0.2, -0.15) is 0 Å². The summed E-state index contributed by atoms with van der Waals surface area (Å²) in [5, 5.41) is 9.36. The first-order chi connectivity index (χ1) is 9.81. The third kappa shape index (κ3) is 3.26. The summed E-state index contributed by atoms with van der Waals surface area (Å²) >= 11 is 3.27. The van der Waals surface area contributed by atoms with E-state index in [1.54, 1.807) is 12.1 Å². The molecule has 1 amide bonds. The Morgan fingerprint density at radius 3 is 2.76 bits per heavy atom. The topological polar surface area (TPSA) is 57.6 Å². The average molecular weight is 358 g/mol. The van der Waals surface area contributed by atoms with Crippen LogP contribution in [0, 0.1) is 17.7 Å². The molecule has 0 spiro atoms. The maximum Gasteiger partial charge on any atom is 0.309 e. The van der Waals surface area contributed by atoms with Crippen LogP contribution in [-0.2, 0) is 9.59 Å². The van der Waals surface area contributed by atoms with Crippen molar-refractivity contribution in [1.29, 1.82) is 0 Å². The number of amides is 1. The van der Waals surface area contributed by atoms with Crippen molar-refractivity contribution in [3.63, 3.8) is 0 Å². The first-order valence-corrected chi connectivity index (χ1v) is 7.57. The SMILES string of the molecule is CC(C)CN1C(=O)CC(C(=O)O)C1c1cc(Br)ccc1F. The fourth-order valence-electron chi connectivity index (χ4n) is 2.75. The summed E-state index contributed by atoms with van der Waals surface area (Å²) in [6, 6.07) is 3.64. The number of aliphatic carboxylic acids is 1. The molecule has 2 rings (SSSR count). The molecule has 2 atom stereocenters. The van der Waals surface area contributed by atoms with Gasteiger partial charge >= 0.3 is 5.97 Å². The summed E-state index contributed by atoms with van der Waals surface area (Å²) < 4.78 is 14.8. The van der Waals surface area contributed by atoms with Crippen LogP contribution in [0.4, 0.5) is 4.39 Å². The molecule has 21 heavy (non-hydrogen) atoms. The Hall–Kier alpha value is -1.43. The minimum atomic E-state index is -1.07. The van der Waals surface area contributed by atoms with Crippen molar-refractivity contribution in [3.05, 3.63) is 34.1 Å². The molecule has 0 saturated carbocycles. The average Bonchev–Trinajstić information content (AvgIpc) is 2.70. The Morgan fingerprint density at radius 2 is 2.19 bits per heavy atom. The number of carboxylic acid groups (broad SMARTS) is 1. The Balaban J connectivity index is 2.48. The number of likely N-dealkylation sites (tertiary alicyclic amines) is 1. The highest BCUT2D eigenvalue weighted by atomic mass is 79.9. The van der Waals surface area contributed by atoms with E-state index in [0.29, 0.717) is 11.0 Å². The second-order valence-electron chi connectivity index (χ2n) is 5.70. The fourth-order valence-corrected chi connectivity index (χ4v) is 3.13. The molecule has 1 aliphatic heterocycles. The zero-order chi connectivity index (χ0) is 15.7. The highest BCUT2D eigenvalue weighted by Crippen LogP contribution is 2.40. The van der Waals surface area contributed by atoms with E-state index in [9.17, 15) is 19.1 Å². The number of halogens is 2. The molecule has 0 bridgehead atoms. The lowest BCUT2D eigenvalue weighted by Gasteiger charge is -2.29. The number of carbonyl (C=O) groups is 2. The summed E-state index contributed by atoms with van der Waals surface area (Å²) in [5.74, 6) is -2.53. The van der Waals surface area contributed by atoms with Crippen LogP contribution < -0.4 is 0 Å². The number of nitrogens with zero attached hydrogens (tertiary/aromatic N) is 1. The van der Waals surface area contributed by atoms with Crippen molar-refractivity contribution in [2.45, 2.75) is 26.3 Å². The van der Waals surface area contributed by atoms with Crippen LogP contribution >= 0.6 is 15.9 Å². The number of rotatable bonds is 4. The van der Waals surface area contributed by atoms with E-state index in [0.717, 1.165) is 0 Å². The lowest BCUT2D eigenvalue weighted by Crippen LogP contribution is -2.34. The second-order valence-corrected chi connectivity index (χ2v) is 6.62. The Morgan fingerprint density at radius 1 is 1.52 bits per heavy atom. The molecular weight excluding hydrogens is 341 g/mol. The largest absolute Gasteiger partial charge is 0.481 e. The number of hydrogen-bond acceptors (Lipinski definition) is 2. The van der Waals surface area contributed by atoms with E-state index in [-0.39, 0.29) is 23.8 Å². The van der Waals surface area contributed by atoms with Crippen molar-refractivity contribution in [2.75, 3.05) is 6.54 Å². The van der Waals surface area contributed by atoms with Gasteiger partial charge in [-0.15, -0.1) is 0 Å². The molecule has 1 aromatic carbocycles.